The molecule has 0 amide bonds. The van der Waals surface area contributed by atoms with Crippen LogP contribution in [-0.2, 0) is 9.59 Å². The van der Waals surface area contributed by atoms with Gasteiger partial charge >= 0.3 is 11.9 Å². The SMILES string of the molecule is O=C(O)CN1CCCC[C@@H]1c1nc2ccc(OC(=O)CN3CCC[C@@H]3c3nc4ccccc4n3C3C[C@H]4CCC[C@@H](C3)N4C3CCCCCCCCC3)cc2n1C1C[C@H]2CCC[C@@H](C1)N2C1CCCCCCCCC1. The Labute approximate surface area is 448 Å². The molecule has 1 N–H and O–H groups in total. The number of carbonyl (C=O) groups is 2. The van der Waals surface area contributed by atoms with Gasteiger partial charge in [-0.1, -0.05) is 121 Å². The van der Waals surface area contributed by atoms with Gasteiger partial charge in [0.15, 0.2) is 0 Å². The molecule has 4 bridgehead atoms. The highest BCUT2D eigenvalue weighted by molar-refractivity contribution is 5.81. The number of rotatable bonds is 11. The van der Waals surface area contributed by atoms with Crippen molar-refractivity contribution in [3.63, 3.8) is 0 Å². The number of benzene rings is 2. The molecule has 408 valence electrons. The van der Waals surface area contributed by atoms with E-state index in [4.69, 9.17) is 14.7 Å². The Bertz CT molecular complexity index is 2510. The summed E-state index contributed by atoms with van der Waals surface area (Å²) in [5, 5.41) is 10.1. The van der Waals surface area contributed by atoms with Gasteiger partial charge in [-0.05, 0) is 140 Å². The largest absolute Gasteiger partial charge is 0.480 e. The third kappa shape index (κ3) is 11.4. The number of nitrogens with zero attached hydrogens (tertiary/aromatic N) is 8. The predicted molar refractivity (Wildman–Crippen MR) is 298 cm³/mol. The van der Waals surface area contributed by atoms with E-state index in [0.717, 1.165) is 92.3 Å². The number of hydrogen-bond donors (Lipinski definition) is 1. The monoisotopic (exact) mass is 1020 g/mol. The molecular formula is C63H92N8O4. The van der Waals surface area contributed by atoms with Crippen molar-refractivity contribution in [3.8, 4) is 5.75 Å². The minimum absolute atomic E-state index is 0.0244. The van der Waals surface area contributed by atoms with Crippen molar-refractivity contribution in [2.24, 2.45) is 0 Å². The van der Waals surface area contributed by atoms with Crippen LogP contribution in [0.2, 0.25) is 0 Å². The zero-order valence-electron chi connectivity index (χ0n) is 45.7. The van der Waals surface area contributed by atoms with Crippen LogP contribution in [0.25, 0.3) is 22.1 Å². The van der Waals surface area contributed by atoms with Crippen molar-refractivity contribution in [2.45, 2.75) is 272 Å². The van der Waals surface area contributed by atoms with E-state index >= 15 is 0 Å². The van der Waals surface area contributed by atoms with Crippen molar-refractivity contribution in [1.82, 2.24) is 38.7 Å². The van der Waals surface area contributed by atoms with E-state index < -0.39 is 5.97 Å². The Morgan fingerprint density at radius 3 is 1.44 bits per heavy atom. The van der Waals surface area contributed by atoms with Crippen LogP contribution in [-0.4, -0.2) is 118 Å². The second kappa shape index (κ2) is 24.0. The average Bonchev–Trinajstić information content (AvgIpc) is 4.15. The summed E-state index contributed by atoms with van der Waals surface area (Å²) in [4.78, 5) is 48.3. The van der Waals surface area contributed by atoms with Gasteiger partial charge in [0.2, 0.25) is 0 Å². The fourth-order valence-corrected chi connectivity index (χ4v) is 17.3. The molecule has 12 rings (SSSR count). The van der Waals surface area contributed by atoms with Crippen LogP contribution in [0.5, 0.6) is 5.75 Å². The van der Waals surface area contributed by atoms with E-state index in [1.807, 2.05) is 6.07 Å². The highest BCUT2D eigenvalue weighted by Crippen LogP contribution is 2.48. The number of aromatic nitrogens is 4. The molecule has 2 saturated carbocycles. The Morgan fingerprint density at radius 2 is 0.893 bits per heavy atom. The smallest absolute Gasteiger partial charge is 0.325 e. The molecule has 8 aliphatic rings. The minimum atomic E-state index is -0.779. The topological polar surface area (TPSA) is 112 Å². The molecule has 0 spiro atoms. The second-order valence-electron chi connectivity index (χ2n) is 25.3. The van der Waals surface area contributed by atoms with E-state index in [1.165, 1.54) is 172 Å². The van der Waals surface area contributed by atoms with Gasteiger partial charge in [0.1, 0.15) is 17.4 Å². The van der Waals surface area contributed by atoms with Gasteiger partial charge in [-0.15, -0.1) is 0 Å². The summed E-state index contributed by atoms with van der Waals surface area (Å²) in [6.45, 7) is 1.86. The van der Waals surface area contributed by atoms with Gasteiger partial charge in [-0.2, -0.15) is 0 Å². The van der Waals surface area contributed by atoms with Gasteiger partial charge < -0.3 is 19.0 Å². The lowest BCUT2D eigenvalue weighted by Gasteiger charge is -2.53. The highest BCUT2D eigenvalue weighted by atomic mass is 16.5. The molecule has 8 heterocycles. The first-order valence-corrected chi connectivity index (χ1v) is 31.4. The number of carboxylic acid groups (broad SMARTS) is 1. The van der Waals surface area contributed by atoms with Crippen LogP contribution in [0, 0.1) is 0 Å². The first-order valence-electron chi connectivity index (χ1n) is 31.4. The molecule has 8 fully saturated rings. The lowest BCUT2D eigenvalue weighted by Crippen LogP contribution is -2.56. The van der Waals surface area contributed by atoms with Gasteiger partial charge in [0.25, 0.3) is 0 Å². The molecule has 8 atom stereocenters. The summed E-state index contributed by atoms with van der Waals surface area (Å²) in [6.07, 6.45) is 42.1. The fourth-order valence-electron chi connectivity index (χ4n) is 17.3. The number of esters is 1. The summed E-state index contributed by atoms with van der Waals surface area (Å²) in [5.74, 6) is 1.72. The zero-order valence-corrected chi connectivity index (χ0v) is 45.7. The zero-order chi connectivity index (χ0) is 50.7. The highest BCUT2D eigenvalue weighted by Gasteiger charge is 2.46. The maximum Gasteiger partial charge on any atom is 0.325 e. The van der Waals surface area contributed by atoms with Crippen molar-refractivity contribution >= 4 is 34.0 Å². The van der Waals surface area contributed by atoms with Crippen molar-refractivity contribution in [2.75, 3.05) is 26.2 Å². The minimum Gasteiger partial charge on any atom is -0.480 e. The second-order valence-corrected chi connectivity index (χ2v) is 25.3. The Hall–Kier alpha value is -3.84. The van der Waals surface area contributed by atoms with E-state index in [2.05, 4.69) is 65.1 Å². The van der Waals surface area contributed by atoms with Gasteiger partial charge in [0, 0.05) is 54.4 Å². The summed E-state index contributed by atoms with van der Waals surface area (Å²) in [6, 6.07) is 19.3. The van der Waals surface area contributed by atoms with E-state index in [0.29, 0.717) is 42.0 Å². The van der Waals surface area contributed by atoms with Crippen LogP contribution in [0.3, 0.4) is 0 Å². The van der Waals surface area contributed by atoms with Crippen LogP contribution >= 0.6 is 0 Å². The lowest BCUT2D eigenvalue weighted by atomic mass is 9.79. The number of piperidine rings is 5. The molecule has 4 aromatic rings. The summed E-state index contributed by atoms with van der Waals surface area (Å²) >= 11 is 0. The quantitative estimate of drug-likeness (QED) is 0.115. The lowest BCUT2D eigenvalue weighted by molar-refractivity contribution is -0.139. The molecule has 6 saturated heterocycles. The van der Waals surface area contributed by atoms with Crippen LogP contribution in [0.1, 0.15) is 248 Å². The number of para-hydroxylation sites is 2. The molecule has 75 heavy (non-hydrogen) atoms. The number of likely N-dealkylation sites (tertiary alicyclic amines) is 2. The molecule has 2 aromatic heterocycles. The van der Waals surface area contributed by atoms with Gasteiger partial charge in [-0.3, -0.25) is 29.2 Å². The van der Waals surface area contributed by atoms with Crippen molar-refractivity contribution in [3.05, 3.63) is 54.1 Å². The first kappa shape index (κ1) is 51.9. The number of hydrogen-bond acceptors (Lipinski definition) is 9. The molecule has 2 aromatic carbocycles. The van der Waals surface area contributed by atoms with E-state index in [9.17, 15) is 14.7 Å². The third-order valence-corrected chi connectivity index (χ3v) is 20.5. The summed E-state index contributed by atoms with van der Waals surface area (Å²) < 4.78 is 11.7. The Balaban J connectivity index is 0.795. The van der Waals surface area contributed by atoms with Gasteiger partial charge in [-0.25, -0.2) is 9.97 Å². The maximum absolute atomic E-state index is 14.4. The molecule has 2 unspecified atom stereocenters. The van der Waals surface area contributed by atoms with E-state index in [-0.39, 0.29) is 37.2 Å². The van der Waals surface area contributed by atoms with Crippen molar-refractivity contribution < 1.29 is 19.4 Å². The average molecular weight is 1030 g/mol. The summed E-state index contributed by atoms with van der Waals surface area (Å²) in [5.41, 5.74) is 4.26. The number of carboxylic acids is 1. The number of ether oxygens (including phenoxy) is 1. The number of imidazole rings is 2. The predicted octanol–water partition coefficient (Wildman–Crippen LogP) is 13.6. The third-order valence-electron chi connectivity index (χ3n) is 20.5. The maximum atomic E-state index is 14.4. The summed E-state index contributed by atoms with van der Waals surface area (Å²) in [7, 11) is 0. The van der Waals surface area contributed by atoms with Crippen molar-refractivity contribution in [1.29, 1.82) is 0 Å². The fraction of sp³-hybridized carbons (Fsp3) is 0.746. The Kier molecular flexibility index (Phi) is 16.6. The number of fused-ring (bicyclic) bond motifs is 6. The molecule has 12 heteroatoms. The van der Waals surface area contributed by atoms with E-state index in [1.54, 1.807) is 0 Å². The van der Waals surface area contributed by atoms with Crippen LogP contribution in [0.15, 0.2) is 42.5 Å². The van der Waals surface area contributed by atoms with Crippen LogP contribution < -0.4 is 4.74 Å². The molecule has 6 aliphatic heterocycles. The Morgan fingerprint density at radius 1 is 0.453 bits per heavy atom. The van der Waals surface area contributed by atoms with Gasteiger partial charge in [0.05, 0.1) is 47.2 Å². The normalized spacial score (nSPS) is 31.1. The standard InChI is InChI=1S/C63H92N8O4/c72-60(73)43-66-36-18-17-32-57(66)63-65-55-35-34-53(42-59(55)71(63)52-40-49-28-20-29-50(41-52)69(49)46-24-13-9-5-2-6-10-14-25-46)75-61(74)44-67-37-21-33-58(67)62-64-54-30-15-16-31-56(54)70(62)51-38-47-26-19-27-48(39-51)68(47)45-22-11-7-3-1-4-8-12-23-45/h15-16,30-31,34-35,42,45-52,57-58H,1-14,17-29,32-33,36-41,43-44H2,(H,72,73)/t47-,48+,49-,50+,51?,52?,57-,58-/m1/s1. The molecule has 12 nitrogen and oxygen atoms in total. The first-order chi connectivity index (χ1) is 36.9. The molecule has 2 aliphatic carbocycles. The number of aliphatic carboxylic acids is 1. The molecular weight excluding hydrogens is 933 g/mol. The molecule has 0 radical (unpaired) electrons. The van der Waals surface area contributed by atoms with Crippen LogP contribution in [0.4, 0.5) is 0 Å². The number of carbonyl (C=O) groups excluding carboxylic acids is 1.